The van der Waals surface area contributed by atoms with Crippen molar-refractivity contribution in [2.75, 3.05) is 23.3 Å². The summed E-state index contributed by atoms with van der Waals surface area (Å²) in [6.45, 7) is 2.89. The molecule has 3 aromatic rings. The monoisotopic (exact) mass is 471 g/mol. The van der Waals surface area contributed by atoms with Crippen molar-refractivity contribution >= 4 is 23.2 Å². The molecule has 0 saturated carbocycles. The highest BCUT2D eigenvalue weighted by molar-refractivity contribution is 6.06. The van der Waals surface area contributed by atoms with Crippen molar-refractivity contribution in [1.29, 1.82) is 0 Å². The molecule has 0 aliphatic carbocycles. The average molecular weight is 471 g/mol. The van der Waals surface area contributed by atoms with Crippen LogP contribution < -0.4 is 16.0 Å². The standard InChI is InChI=1S/C24H24F3N5O2/c1-15-19(14-29-32(15)18-6-4-5-17(13-18)24(25,26)27)23(34)30-20-7-2-3-8-21(20)31-11-9-16(10-12-31)22(28)33/h2-8,13-14,16H,9-12H2,1H3,(H2,28,33)(H,30,34). The van der Waals surface area contributed by atoms with Crippen LogP contribution in [0.1, 0.15) is 34.5 Å². The minimum Gasteiger partial charge on any atom is -0.370 e. The lowest BCUT2D eigenvalue weighted by molar-refractivity contribution is -0.137. The number of aromatic nitrogens is 2. The second-order valence-corrected chi connectivity index (χ2v) is 8.24. The van der Waals surface area contributed by atoms with Gasteiger partial charge in [-0.1, -0.05) is 18.2 Å². The lowest BCUT2D eigenvalue weighted by Gasteiger charge is -2.33. The molecule has 1 aliphatic heterocycles. The van der Waals surface area contributed by atoms with Gasteiger partial charge in [-0.3, -0.25) is 9.59 Å². The molecule has 1 saturated heterocycles. The van der Waals surface area contributed by atoms with Crippen LogP contribution in [0.4, 0.5) is 24.5 Å². The first-order valence-electron chi connectivity index (χ1n) is 10.8. The van der Waals surface area contributed by atoms with E-state index in [1.54, 1.807) is 19.1 Å². The SMILES string of the molecule is Cc1c(C(=O)Nc2ccccc2N2CCC(C(N)=O)CC2)cnn1-c1cccc(C(F)(F)F)c1. The van der Waals surface area contributed by atoms with Gasteiger partial charge in [-0.2, -0.15) is 18.3 Å². The third kappa shape index (κ3) is 4.75. The zero-order valence-electron chi connectivity index (χ0n) is 18.5. The highest BCUT2D eigenvalue weighted by Crippen LogP contribution is 2.32. The van der Waals surface area contributed by atoms with Gasteiger partial charge in [0.25, 0.3) is 5.91 Å². The molecule has 0 bridgehead atoms. The number of piperidine rings is 1. The molecule has 0 unspecified atom stereocenters. The van der Waals surface area contributed by atoms with E-state index in [0.717, 1.165) is 17.8 Å². The molecule has 7 nitrogen and oxygen atoms in total. The molecule has 0 atom stereocenters. The maximum atomic E-state index is 13.1. The number of halogens is 3. The molecule has 0 radical (unpaired) electrons. The molecule has 10 heteroatoms. The van der Waals surface area contributed by atoms with E-state index in [1.165, 1.54) is 23.0 Å². The number of rotatable bonds is 5. The van der Waals surface area contributed by atoms with E-state index in [2.05, 4.69) is 15.3 Å². The summed E-state index contributed by atoms with van der Waals surface area (Å²) in [7, 11) is 0. The van der Waals surface area contributed by atoms with Gasteiger partial charge in [0.1, 0.15) is 0 Å². The highest BCUT2D eigenvalue weighted by atomic mass is 19.4. The lowest BCUT2D eigenvalue weighted by atomic mass is 9.96. The van der Waals surface area contributed by atoms with Crippen molar-refractivity contribution in [1.82, 2.24) is 9.78 Å². The van der Waals surface area contributed by atoms with Crippen LogP contribution >= 0.6 is 0 Å². The molecule has 178 valence electrons. The van der Waals surface area contributed by atoms with Crippen molar-refractivity contribution in [2.45, 2.75) is 25.9 Å². The number of hydrogen-bond donors (Lipinski definition) is 2. The Labute approximate surface area is 194 Å². The van der Waals surface area contributed by atoms with E-state index in [0.29, 0.717) is 37.3 Å². The summed E-state index contributed by atoms with van der Waals surface area (Å²) in [6, 6.07) is 12.1. The predicted molar refractivity (Wildman–Crippen MR) is 122 cm³/mol. The van der Waals surface area contributed by atoms with E-state index >= 15 is 0 Å². The van der Waals surface area contributed by atoms with Crippen molar-refractivity contribution in [3.63, 3.8) is 0 Å². The van der Waals surface area contributed by atoms with Crippen LogP contribution in [0.2, 0.25) is 0 Å². The van der Waals surface area contributed by atoms with Crippen LogP contribution in [0.25, 0.3) is 5.69 Å². The summed E-state index contributed by atoms with van der Waals surface area (Å²) in [5.41, 5.74) is 6.92. The smallest absolute Gasteiger partial charge is 0.370 e. The number of nitrogens with one attached hydrogen (secondary N) is 1. The predicted octanol–water partition coefficient (Wildman–Crippen LogP) is 4.15. The Morgan fingerprint density at radius 2 is 1.79 bits per heavy atom. The summed E-state index contributed by atoms with van der Waals surface area (Å²) in [5.74, 6) is -0.868. The Kier molecular flexibility index (Phi) is 6.32. The van der Waals surface area contributed by atoms with Gasteiger partial charge in [-0.05, 0) is 50.1 Å². The quantitative estimate of drug-likeness (QED) is 0.585. The van der Waals surface area contributed by atoms with Crippen LogP contribution in [-0.4, -0.2) is 34.7 Å². The molecule has 1 aromatic heterocycles. The van der Waals surface area contributed by atoms with Crippen molar-refractivity contribution < 1.29 is 22.8 Å². The number of hydrogen-bond acceptors (Lipinski definition) is 4. The lowest BCUT2D eigenvalue weighted by Crippen LogP contribution is -2.38. The first-order valence-corrected chi connectivity index (χ1v) is 10.8. The van der Waals surface area contributed by atoms with E-state index < -0.39 is 17.6 Å². The van der Waals surface area contributed by atoms with Gasteiger partial charge in [0, 0.05) is 19.0 Å². The maximum absolute atomic E-state index is 13.1. The second-order valence-electron chi connectivity index (χ2n) is 8.24. The van der Waals surface area contributed by atoms with E-state index in [9.17, 15) is 22.8 Å². The fraction of sp³-hybridized carbons (Fsp3) is 0.292. The summed E-state index contributed by atoms with van der Waals surface area (Å²) in [6.07, 6.45) is -1.86. The van der Waals surface area contributed by atoms with Crippen molar-refractivity contribution in [3.05, 3.63) is 71.5 Å². The van der Waals surface area contributed by atoms with Crippen LogP contribution in [0.15, 0.2) is 54.7 Å². The normalized spacial score (nSPS) is 14.8. The number of nitrogens with zero attached hydrogens (tertiary/aromatic N) is 3. The van der Waals surface area contributed by atoms with Gasteiger partial charge in [0.2, 0.25) is 5.91 Å². The third-order valence-electron chi connectivity index (χ3n) is 6.06. The van der Waals surface area contributed by atoms with Gasteiger partial charge in [-0.15, -0.1) is 0 Å². The minimum absolute atomic E-state index is 0.151. The molecule has 3 N–H and O–H groups in total. The third-order valence-corrected chi connectivity index (χ3v) is 6.06. The minimum atomic E-state index is -4.48. The highest BCUT2D eigenvalue weighted by Gasteiger charge is 2.31. The molecule has 4 rings (SSSR count). The summed E-state index contributed by atoms with van der Waals surface area (Å²) in [4.78, 5) is 26.6. The molecule has 2 amide bonds. The van der Waals surface area contributed by atoms with Crippen LogP contribution in [0.5, 0.6) is 0 Å². The van der Waals surface area contributed by atoms with E-state index in [1.807, 2.05) is 12.1 Å². The number of carbonyl (C=O) groups is 2. The van der Waals surface area contributed by atoms with Crippen molar-refractivity contribution in [3.8, 4) is 5.69 Å². The van der Waals surface area contributed by atoms with Crippen LogP contribution in [0.3, 0.4) is 0 Å². The summed E-state index contributed by atoms with van der Waals surface area (Å²) in [5, 5.41) is 7.04. The van der Waals surface area contributed by atoms with Gasteiger partial charge >= 0.3 is 6.18 Å². The Hall–Kier alpha value is -3.82. The fourth-order valence-corrected chi connectivity index (χ4v) is 4.16. The molecular formula is C24H24F3N5O2. The molecule has 2 heterocycles. The Morgan fingerprint density at radius 3 is 2.47 bits per heavy atom. The number of benzene rings is 2. The fourth-order valence-electron chi connectivity index (χ4n) is 4.16. The van der Waals surface area contributed by atoms with Crippen LogP contribution in [-0.2, 0) is 11.0 Å². The molecule has 0 spiro atoms. The maximum Gasteiger partial charge on any atom is 0.416 e. The zero-order chi connectivity index (χ0) is 24.5. The molecular weight excluding hydrogens is 447 g/mol. The summed E-state index contributed by atoms with van der Waals surface area (Å²) >= 11 is 0. The van der Waals surface area contributed by atoms with Gasteiger partial charge in [0.05, 0.1) is 40.1 Å². The van der Waals surface area contributed by atoms with Gasteiger partial charge < -0.3 is 16.0 Å². The summed E-state index contributed by atoms with van der Waals surface area (Å²) < 4.78 is 40.6. The molecule has 1 fully saturated rings. The van der Waals surface area contributed by atoms with E-state index in [-0.39, 0.29) is 23.1 Å². The first-order chi connectivity index (χ1) is 16.1. The van der Waals surface area contributed by atoms with E-state index in [4.69, 9.17) is 5.73 Å². The zero-order valence-corrected chi connectivity index (χ0v) is 18.5. The Bertz CT molecular complexity index is 1210. The largest absolute Gasteiger partial charge is 0.416 e. The molecule has 34 heavy (non-hydrogen) atoms. The number of carbonyl (C=O) groups excluding carboxylic acids is 2. The number of nitrogens with two attached hydrogens (primary N) is 1. The Balaban J connectivity index is 1.54. The molecule has 2 aromatic carbocycles. The number of anilines is 2. The molecule has 1 aliphatic rings. The number of primary amides is 1. The van der Waals surface area contributed by atoms with Gasteiger partial charge in [0.15, 0.2) is 0 Å². The average Bonchev–Trinajstić information content (AvgIpc) is 3.20. The van der Waals surface area contributed by atoms with Crippen LogP contribution in [0, 0.1) is 12.8 Å². The first kappa shape index (κ1) is 23.3. The Morgan fingerprint density at radius 1 is 1.09 bits per heavy atom. The van der Waals surface area contributed by atoms with Gasteiger partial charge in [-0.25, -0.2) is 4.68 Å². The van der Waals surface area contributed by atoms with Crippen molar-refractivity contribution in [2.24, 2.45) is 11.7 Å². The number of para-hydroxylation sites is 2. The second kappa shape index (κ2) is 9.20. The number of alkyl halides is 3. The topological polar surface area (TPSA) is 93.2 Å². The number of amides is 2.